The van der Waals surface area contributed by atoms with Crippen LogP contribution in [0, 0.1) is 5.92 Å². The quantitative estimate of drug-likeness (QED) is 0.833. The monoisotopic (exact) mass is 338 g/mol. The van der Waals surface area contributed by atoms with Crippen molar-refractivity contribution in [2.24, 2.45) is 5.92 Å². The van der Waals surface area contributed by atoms with Crippen molar-refractivity contribution in [3.63, 3.8) is 0 Å². The molecule has 0 saturated heterocycles. The van der Waals surface area contributed by atoms with E-state index in [-0.39, 0.29) is 24.2 Å². The predicted molar refractivity (Wildman–Crippen MR) is 83.0 cm³/mol. The minimum absolute atomic E-state index is 0. The van der Waals surface area contributed by atoms with E-state index >= 15 is 0 Å². The molecular weight excluding hydrogens is 317 g/mol. The van der Waals surface area contributed by atoms with E-state index in [9.17, 15) is 18.0 Å². The lowest BCUT2D eigenvalue weighted by Crippen LogP contribution is -2.33. The fraction of sp³-hybridized carbons (Fsp3) is 0.533. The van der Waals surface area contributed by atoms with Crippen LogP contribution in [0.15, 0.2) is 24.3 Å². The third-order valence-corrected chi connectivity index (χ3v) is 3.16. The molecule has 0 aliphatic carbocycles. The van der Waals surface area contributed by atoms with Crippen LogP contribution in [0.5, 0.6) is 0 Å². The van der Waals surface area contributed by atoms with Crippen LogP contribution in [0.25, 0.3) is 0 Å². The number of benzene rings is 1. The van der Waals surface area contributed by atoms with E-state index in [0.717, 1.165) is 12.1 Å². The van der Waals surface area contributed by atoms with Gasteiger partial charge in [0.05, 0.1) is 11.6 Å². The lowest BCUT2D eigenvalue weighted by atomic mass is 9.94. The van der Waals surface area contributed by atoms with Gasteiger partial charge in [-0.25, -0.2) is 0 Å². The summed E-state index contributed by atoms with van der Waals surface area (Å²) in [7, 11) is 1.74. The van der Waals surface area contributed by atoms with Crippen molar-refractivity contribution in [3.8, 4) is 0 Å². The Hall–Kier alpha value is -1.27. The van der Waals surface area contributed by atoms with Gasteiger partial charge in [0, 0.05) is 13.0 Å². The maximum Gasteiger partial charge on any atom is 0.416 e. The second-order valence-corrected chi connectivity index (χ2v) is 5.27. The molecule has 0 heterocycles. The van der Waals surface area contributed by atoms with Crippen molar-refractivity contribution in [3.05, 3.63) is 35.4 Å². The van der Waals surface area contributed by atoms with Crippen molar-refractivity contribution >= 4 is 18.3 Å². The first-order valence-corrected chi connectivity index (χ1v) is 6.86. The molecule has 3 nitrogen and oxygen atoms in total. The van der Waals surface area contributed by atoms with Gasteiger partial charge in [-0.3, -0.25) is 4.79 Å². The second kappa shape index (κ2) is 9.00. The Morgan fingerprint density at radius 3 is 2.41 bits per heavy atom. The molecule has 0 aliphatic heterocycles. The van der Waals surface area contributed by atoms with Crippen molar-refractivity contribution in [2.75, 3.05) is 13.6 Å². The number of rotatable bonds is 6. The first-order valence-electron chi connectivity index (χ1n) is 6.86. The Morgan fingerprint density at radius 2 is 1.91 bits per heavy atom. The maximum absolute atomic E-state index is 12.8. The lowest BCUT2D eigenvalue weighted by molar-refractivity contribution is -0.137. The average molecular weight is 339 g/mol. The number of amides is 1. The molecular formula is C15H22ClF3N2O. The molecule has 1 aromatic rings. The van der Waals surface area contributed by atoms with Gasteiger partial charge in [-0.1, -0.05) is 26.0 Å². The summed E-state index contributed by atoms with van der Waals surface area (Å²) in [5, 5.41) is 5.66. The first-order chi connectivity index (χ1) is 9.75. The summed E-state index contributed by atoms with van der Waals surface area (Å²) in [4.78, 5) is 11.8. The van der Waals surface area contributed by atoms with E-state index < -0.39 is 17.8 Å². The van der Waals surface area contributed by atoms with Crippen LogP contribution in [0.4, 0.5) is 13.2 Å². The summed E-state index contributed by atoms with van der Waals surface area (Å²) in [5.74, 6) is -0.188. The Bertz CT molecular complexity index is 478. The number of hydrogen-bond donors (Lipinski definition) is 2. The van der Waals surface area contributed by atoms with Gasteiger partial charge in [0.15, 0.2) is 0 Å². The smallest absolute Gasteiger partial charge is 0.349 e. The normalized spacial score (nSPS) is 12.7. The number of carbonyl (C=O) groups is 1. The zero-order valence-electron chi connectivity index (χ0n) is 12.8. The van der Waals surface area contributed by atoms with Gasteiger partial charge < -0.3 is 10.6 Å². The van der Waals surface area contributed by atoms with Gasteiger partial charge in [0.25, 0.3) is 0 Å². The molecule has 0 aliphatic rings. The number of alkyl halides is 3. The summed E-state index contributed by atoms with van der Waals surface area (Å²) in [6, 6.07) is 4.68. The van der Waals surface area contributed by atoms with E-state index in [0.29, 0.717) is 18.5 Å². The van der Waals surface area contributed by atoms with Gasteiger partial charge >= 0.3 is 6.18 Å². The molecule has 1 atom stereocenters. The standard InChI is InChI=1S/C15H21F3N2O.ClH/c1-10(2)14(20-13(21)7-8-19-3)11-5-4-6-12(9-11)15(16,17)18;/h4-6,9-10,14,19H,7-8H2,1-3H3,(H,20,21);1H. The fourth-order valence-corrected chi connectivity index (χ4v) is 2.03. The van der Waals surface area contributed by atoms with E-state index in [2.05, 4.69) is 10.6 Å². The molecule has 0 radical (unpaired) electrons. The van der Waals surface area contributed by atoms with Crippen LogP contribution in [-0.2, 0) is 11.0 Å². The van der Waals surface area contributed by atoms with E-state index in [1.807, 2.05) is 13.8 Å². The van der Waals surface area contributed by atoms with Gasteiger partial charge in [0.2, 0.25) is 5.91 Å². The molecule has 126 valence electrons. The van der Waals surface area contributed by atoms with Crippen LogP contribution in [0.1, 0.15) is 37.4 Å². The zero-order valence-corrected chi connectivity index (χ0v) is 13.6. The van der Waals surface area contributed by atoms with Crippen molar-refractivity contribution in [1.29, 1.82) is 0 Å². The zero-order chi connectivity index (χ0) is 16.0. The molecule has 1 aromatic carbocycles. The lowest BCUT2D eigenvalue weighted by Gasteiger charge is -2.24. The fourth-order valence-electron chi connectivity index (χ4n) is 2.03. The van der Waals surface area contributed by atoms with Gasteiger partial charge in [-0.05, 0) is 30.7 Å². The van der Waals surface area contributed by atoms with E-state index in [1.54, 1.807) is 13.1 Å². The highest BCUT2D eigenvalue weighted by molar-refractivity contribution is 5.85. The molecule has 1 rings (SSSR count). The molecule has 0 bridgehead atoms. The van der Waals surface area contributed by atoms with Crippen molar-refractivity contribution in [2.45, 2.75) is 32.5 Å². The van der Waals surface area contributed by atoms with E-state index in [4.69, 9.17) is 0 Å². The Morgan fingerprint density at radius 1 is 1.27 bits per heavy atom. The average Bonchev–Trinajstić information content (AvgIpc) is 2.41. The minimum atomic E-state index is -4.38. The topological polar surface area (TPSA) is 41.1 Å². The summed E-state index contributed by atoms with van der Waals surface area (Å²) in [6.45, 7) is 4.26. The highest BCUT2D eigenvalue weighted by Gasteiger charge is 2.31. The van der Waals surface area contributed by atoms with Gasteiger partial charge in [0.1, 0.15) is 0 Å². The van der Waals surface area contributed by atoms with Gasteiger partial charge in [-0.2, -0.15) is 13.2 Å². The summed E-state index contributed by atoms with van der Waals surface area (Å²) in [5.41, 5.74) is -0.229. The molecule has 7 heteroatoms. The highest BCUT2D eigenvalue weighted by atomic mass is 35.5. The van der Waals surface area contributed by atoms with Crippen LogP contribution < -0.4 is 10.6 Å². The molecule has 2 N–H and O–H groups in total. The van der Waals surface area contributed by atoms with Crippen molar-refractivity contribution < 1.29 is 18.0 Å². The summed E-state index contributed by atoms with van der Waals surface area (Å²) in [6.07, 6.45) is -4.09. The predicted octanol–water partition coefficient (Wildman–Crippen LogP) is 3.55. The van der Waals surface area contributed by atoms with Gasteiger partial charge in [-0.15, -0.1) is 12.4 Å². The van der Waals surface area contributed by atoms with Crippen LogP contribution >= 0.6 is 12.4 Å². The highest BCUT2D eigenvalue weighted by Crippen LogP contribution is 2.32. The maximum atomic E-state index is 12.8. The SMILES string of the molecule is CNCCC(=O)NC(c1cccc(C(F)(F)F)c1)C(C)C.Cl. The number of carbonyl (C=O) groups excluding carboxylic acids is 1. The number of nitrogens with one attached hydrogen (secondary N) is 2. The molecule has 0 saturated carbocycles. The van der Waals surface area contributed by atoms with Crippen LogP contribution in [-0.4, -0.2) is 19.5 Å². The molecule has 22 heavy (non-hydrogen) atoms. The number of halogens is 4. The number of hydrogen-bond acceptors (Lipinski definition) is 2. The van der Waals surface area contributed by atoms with E-state index in [1.165, 1.54) is 6.07 Å². The molecule has 0 fully saturated rings. The third kappa shape index (κ3) is 6.23. The minimum Gasteiger partial charge on any atom is -0.349 e. The molecule has 0 spiro atoms. The molecule has 0 aromatic heterocycles. The largest absolute Gasteiger partial charge is 0.416 e. The Balaban J connectivity index is 0.00000441. The summed E-state index contributed by atoms with van der Waals surface area (Å²) >= 11 is 0. The summed E-state index contributed by atoms with van der Waals surface area (Å²) < 4.78 is 38.3. The third-order valence-electron chi connectivity index (χ3n) is 3.16. The van der Waals surface area contributed by atoms with Crippen LogP contribution in [0.3, 0.4) is 0 Å². The molecule has 1 unspecified atom stereocenters. The second-order valence-electron chi connectivity index (χ2n) is 5.27. The molecule has 1 amide bonds. The Kier molecular flexibility index (Phi) is 8.48. The van der Waals surface area contributed by atoms with Crippen LogP contribution in [0.2, 0.25) is 0 Å². The van der Waals surface area contributed by atoms with Crippen molar-refractivity contribution in [1.82, 2.24) is 10.6 Å². The first kappa shape index (κ1) is 20.7. The Labute approximate surface area is 135 Å².